The quantitative estimate of drug-likeness (QED) is 0.443. The molecule has 35 heavy (non-hydrogen) atoms. The Morgan fingerprint density at radius 1 is 0.971 bits per heavy atom. The highest BCUT2D eigenvalue weighted by Crippen LogP contribution is 2.26. The van der Waals surface area contributed by atoms with Crippen LogP contribution in [0.4, 0.5) is 15.9 Å². The largest absolute Gasteiger partial charge is 0.352 e. The number of rotatable bonds is 5. The number of anilines is 2. The lowest BCUT2D eigenvalue weighted by Crippen LogP contribution is -2.49. The molecular weight excluding hydrogens is 475 g/mol. The first-order valence-corrected chi connectivity index (χ1v) is 12.2. The van der Waals surface area contributed by atoms with Crippen molar-refractivity contribution in [3.05, 3.63) is 60.7 Å². The predicted octanol–water partition coefficient (Wildman–Crippen LogP) is 1.82. The average molecular weight is 497 g/mol. The molecule has 1 amide bonds. The van der Waals surface area contributed by atoms with E-state index in [0.717, 1.165) is 0 Å². The maximum Gasteiger partial charge on any atom is 0.243 e. The molecule has 3 heterocycles. The number of piperazine rings is 1. The summed E-state index contributed by atoms with van der Waals surface area (Å²) >= 11 is 0. The molecule has 0 aliphatic carbocycles. The van der Waals surface area contributed by atoms with E-state index in [1.807, 2.05) is 4.90 Å². The fraction of sp³-hybridized carbons (Fsp3) is 0.227. The highest BCUT2D eigenvalue weighted by molar-refractivity contribution is 7.89. The van der Waals surface area contributed by atoms with Crippen molar-refractivity contribution in [2.24, 2.45) is 0 Å². The van der Waals surface area contributed by atoms with Gasteiger partial charge in [-0.3, -0.25) is 4.79 Å². The Morgan fingerprint density at radius 3 is 2.31 bits per heavy atom. The second-order valence-corrected chi connectivity index (χ2v) is 9.88. The lowest BCUT2D eigenvalue weighted by Gasteiger charge is -2.34. The summed E-state index contributed by atoms with van der Waals surface area (Å²) in [6.07, 6.45) is 1.40. The van der Waals surface area contributed by atoms with Crippen molar-refractivity contribution >= 4 is 38.6 Å². The van der Waals surface area contributed by atoms with Crippen LogP contribution < -0.4 is 10.2 Å². The number of sulfonamides is 1. The van der Waals surface area contributed by atoms with Gasteiger partial charge in [-0.2, -0.15) is 8.99 Å². The number of nitrogens with one attached hydrogen (secondary N) is 1. The SMILES string of the molecule is CC(=O)Nc1ccc(S(=O)(=O)N2CCN(c3ncnc4c3nnn4-c3ccc(F)cc3)CC2)cc1. The van der Waals surface area contributed by atoms with E-state index in [0.29, 0.717) is 41.4 Å². The number of halogens is 1. The highest BCUT2D eigenvalue weighted by Gasteiger charge is 2.30. The van der Waals surface area contributed by atoms with Crippen LogP contribution in [0.1, 0.15) is 6.92 Å². The first-order chi connectivity index (χ1) is 16.8. The third kappa shape index (κ3) is 4.42. The molecule has 4 aromatic rings. The lowest BCUT2D eigenvalue weighted by atomic mass is 10.3. The molecule has 0 radical (unpaired) electrons. The normalized spacial score (nSPS) is 14.9. The molecule has 1 fully saturated rings. The topological polar surface area (TPSA) is 126 Å². The molecule has 0 saturated carbocycles. The Labute approximate surface area is 200 Å². The zero-order valence-corrected chi connectivity index (χ0v) is 19.5. The molecule has 0 unspecified atom stereocenters. The van der Waals surface area contributed by atoms with E-state index in [2.05, 4.69) is 25.6 Å². The van der Waals surface area contributed by atoms with E-state index in [4.69, 9.17) is 0 Å². The molecule has 1 saturated heterocycles. The van der Waals surface area contributed by atoms with E-state index >= 15 is 0 Å². The average Bonchev–Trinajstić information content (AvgIpc) is 3.29. The fourth-order valence-electron chi connectivity index (χ4n) is 3.93. The predicted molar refractivity (Wildman–Crippen MR) is 126 cm³/mol. The van der Waals surface area contributed by atoms with Crippen molar-refractivity contribution in [2.45, 2.75) is 11.8 Å². The van der Waals surface area contributed by atoms with Crippen LogP contribution in [0, 0.1) is 5.82 Å². The molecule has 2 aromatic carbocycles. The lowest BCUT2D eigenvalue weighted by molar-refractivity contribution is -0.114. The number of fused-ring (bicyclic) bond motifs is 1. The van der Waals surface area contributed by atoms with E-state index in [-0.39, 0.29) is 29.7 Å². The molecule has 0 spiro atoms. The molecule has 1 N–H and O–H groups in total. The minimum Gasteiger partial charge on any atom is -0.352 e. The van der Waals surface area contributed by atoms with Gasteiger partial charge in [-0.1, -0.05) is 5.21 Å². The molecule has 5 rings (SSSR count). The van der Waals surface area contributed by atoms with E-state index in [9.17, 15) is 17.6 Å². The van der Waals surface area contributed by atoms with Crippen molar-refractivity contribution in [2.75, 3.05) is 36.4 Å². The summed E-state index contributed by atoms with van der Waals surface area (Å²) in [7, 11) is -3.69. The number of hydrogen-bond donors (Lipinski definition) is 1. The summed E-state index contributed by atoms with van der Waals surface area (Å²) in [5.74, 6) is -0.0293. The van der Waals surface area contributed by atoms with Gasteiger partial charge in [0.2, 0.25) is 15.9 Å². The van der Waals surface area contributed by atoms with Crippen LogP contribution in [0.2, 0.25) is 0 Å². The number of aromatic nitrogens is 5. The van der Waals surface area contributed by atoms with Crippen molar-refractivity contribution < 1.29 is 17.6 Å². The fourth-order valence-corrected chi connectivity index (χ4v) is 5.35. The first-order valence-electron chi connectivity index (χ1n) is 10.8. The zero-order valence-electron chi connectivity index (χ0n) is 18.7. The van der Waals surface area contributed by atoms with Crippen LogP contribution in [-0.2, 0) is 14.8 Å². The smallest absolute Gasteiger partial charge is 0.243 e. The number of carbonyl (C=O) groups excluding carboxylic acids is 1. The molecule has 2 aromatic heterocycles. The van der Waals surface area contributed by atoms with E-state index < -0.39 is 10.0 Å². The number of amides is 1. The van der Waals surface area contributed by atoms with Crippen LogP contribution in [0.15, 0.2) is 59.8 Å². The third-order valence-corrected chi connectivity index (χ3v) is 7.55. The number of nitrogens with zero attached hydrogens (tertiary/aromatic N) is 7. The minimum atomic E-state index is -3.69. The third-order valence-electron chi connectivity index (χ3n) is 5.64. The summed E-state index contributed by atoms with van der Waals surface area (Å²) in [6, 6.07) is 11.9. The van der Waals surface area contributed by atoms with Crippen LogP contribution in [0.5, 0.6) is 0 Å². The van der Waals surface area contributed by atoms with Gasteiger partial charge in [0, 0.05) is 38.8 Å². The van der Waals surface area contributed by atoms with Gasteiger partial charge in [0.1, 0.15) is 12.1 Å². The molecule has 1 aliphatic rings. The van der Waals surface area contributed by atoms with E-state index in [1.165, 1.54) is 46.5 Å². The standard InChI is InChI=1S/C22H21FN8O3S/c1-15(32)26-17-4-8-19(9-5-17)35(33,34)30-12-10-29(11-13-30)21-20-22(25-14-24-21)31(28-27-20)18-6-2-16(23)3-7-18/h2-9,14H,10-13H2,1H3,(H,26,32). The van der Waals surface area contributed by atoms with Gasteiger partial charge in [0.05, 0.1) is 10.6 Å². The van der Waals surface area contributed by atoms with Gasteiger partial charge < -0.3 is 10.2 Å². The van der Waals surface area contributed by atoms with Crippen LogP contribution >= 0.6 is 0 Å². The number of benzene rings is 2. The number of carbonyl (C=O) groups is 1. The minimum absolute atomic E-state index is 0.159. The second kappa shape index (κ2) is 9.00. The molecule has 0 atom stereocenters. The van der Waals surface area contributed by atoms with Crippen LogP contribution in [0.25, 0.3) is 16.9 Å². The Morgan fingerprint density at radius 2 is 1.66 bits per heavy atom. The molecule has 13 heteroatoms. The van der Waals surface area contributed by atoms with Crippen LogP contribution in [-0.4, -0.2) is 69.8 Å². The second-order valence-electron chi connectivity index (χ2n) is 7.94. The van der Waals surface area contributed by atoms with Gasteiger partial charge in [0.15, 0.2) is 17.0 Å². The van der Waals surface area contributed by atoms with Gasteiger partial charge in [-0.25, -0.2) is 22.8 Å². The maximum absolute atomic E-state index is 13.3. The summed E-state index contributed by atoms with van der Waals surface area (Å²) in [5.41, 5.74) is 2.08. The molecule has 11 nitrogen and oxygen atoms in total. The Hall–Kier alpha value is -3.97. The Balaban J connectivity index is 1.33. The van der Waals surface area contributed by atoms with Gasteiger partial charge >= 0.3 is 0 Å². The van der Waals surface area contributed by atoms with Crippen molar-refractivity contribution in [1.82, 2.24) is 29.3 Å². The van der Waals surface area contributed by atoms with Gasteiger partial charge in [-0.05, 0) is 48.5 Å². The monoisotopic (exact) mass is 496 g/mol. The maximum atomic E-state index is 13.3. The first kappa shape index (κ1) is 22.8. The Kier molecular flexibility index (Phi) is 5.86. The zero-order chi connectivity index (χ0) is 24.6. The molecule has 0 bridgehead atoms. The summed E-state index contributed by atoms with van der Waals surface area (Å²) in [5, 5.41) is 11.0. The van der Waals surface area contributed by atoms with Gasteiger partial charge in [-0.15, -0.1) is 5.10 Å². The summed E-state index contributed by atoms with van der Waals surface area (Å²) < 4.78 is 42.4. The van der Waals surface area contributed by atoms with E-state index in [1.54, 1.807) is 24.3 Å². The number of hydrogen-bond acceptors (Lipinski definition) is 8. The highest BCUT2D eigenvalue weighted by atomic mass is 32.2. The van der Waals surface area contributed by atoms with Gasteiger partial charge in [0.25, 0.3) is 0 Å². The molecular formula is C22H21FN8O3S. The van der Waals surface area contributed by atoms with Crippen molar-refractivity contribution in [1.29, 1.82) is 0 Å². The van der Waals surface area contributed by atoms with Crippen molar-refractivity contribution in [3.63, 3.8) is 0 Å². The Bertz CT molecular complexity index is 1480. The van der Waals surface area contributed by atoms with Crippen molar-refractivity contribution in [3.8, 4) is 5.69 Å². The molecule has 180 valence electrons. The summed E-state index contributed by atoms with van der Waals surface area (Å²) in [6.45, 7) is 2.71. The summed E-state index contributed by atoms with van der Waals surface area (Å²) in [4.78, 5) is 21.9. The van der Waals surface area contributed by atoms with Crippen LogP contribution in [0.3, 0.4) is 0 Å². The molecule has 1 aliphatic heterocycles.